The van der Waals surface area contributed by atoms with Crippen molar-refractivity contribution in [2.75, 3.05) is 6.54 Å². The normalized spacial score (nSPS) is 12.3. The van der Waals surface area contributed by atoms with Gasteiger partial charge in [-0.2, -0.15) is 0 Å². The van der Waals surface area contributed by atoms with E-state index in [1.54, 1.807) is 0 Å². The summed E-state index contributed by atoms with van der Waals surface area (Å²) in [5.74, 6) is -2.91. The number of β-amino-alcohol motifs (C(OH)–C–C–N with tert-alkyl or cyclic N) is 1. The fraction of sp³-hybridized carbons (Fsp3) is 0.480. The van der Waals surface area contributed by atoms with Crippen LogP contribution in [0.2, 0.25) is 0 Å². The number of hydrogen-bond donors (Lipinski definition) is 3. The van der Waals surface area contributed by atoms with E-state index >= 15 is 0 Å². The second kappa shape index (κ2) is 13.5. The molecular formula is C25H34ClF2NO3. The highest BCUT2D eigenvalue weighted by atomic mass is 35.5. The Morgan fingerprint density at radius 3 is 2.34 bits per heavy atom. The van der Waals surface area contributed by atoms with E-state index in [-0.39, 0.29) is 36.5 Å². The molecule has 7 heteroatoms. The second-order valence-corrected chi connectivity index (χ2v) is 8.70. The highest BCUT2D eigenvalue weighted by Crippen LogP contribution is 2.24. The van der Waals surface area contributed by atoms with Crippen LogP contribution in [0.4, 0.5) is 8.78 Å². The number of carbonyl (C=O) groups is 1. The van der Waals surface area contributed by atoms with Crippen LogP contribution in [-0.4, -0.2) is 28.3 Å². The first-order chi connectivity index (χ1) is 14.7. The number of hydrogen-bond acceptors (Lipinski definition) is 3. The summed E-state index contributed by atoms with van der Waals surface area (Å²) in [4.78, 5) is 10.6. The lowest BCUT2D eigenvalue weighted by atomic mass is 9.94. The van der Waals surface area contributed by atoms with Gasteiger partial charge in [0, 0.05) is 24.1 Å². The lowest BCUT2D eigenvalue weighted by molar-refractivity contribution is -0.137. The number of aliphatic hydroxyl groups is 1. The third-order valence-electron chi connectivity index (χ3n) is 5.47. The maximum absolute atomic E-state index is 14.3. The zero-order chi connectivity index (χ0) is 22.9. The molecule has 32 heavy (non-hydrogen) atoms. The summed E-state index contributed by atoms with van der Waals surface area (Å²) in [6, 6.07) is 12.8. The number of unbranched alkanes of at least 4 members (excludes halogenated alkanes) is 1. The van der Waals surface area contributed by atoms with Crippen LogP contribution in [-0.2, 0) is 17.6 Å². The van der Waals surface area contributed by atoms with Gasteiger partial charge in [-0.1, -0.05) is 36.4 Å². The molecule has 0 radical (unpaired) electrons. The van der Waals surface area contributed by atoms with Gasteiger partial charge in [0.1, 0.15) is 0 Å². The Bertz CT molecular complexity index is 847. The maximum atomic E-state index is 14.3. The van der Waals surface area contributed by atoms with Crippen molar-refractivity contribution in [1.82, 2.24) is 5.32 Å². The van der Waals surface area contributed by atoms with Gasteiger partial charge < -0.3 is 15.5 Å². The molecule has 0 aromatic heterocycles. The van der Waals surface area contributed by atoms with Gasteiger partial charge in [-0.05, 0) is 69.6 Å². The minimum Gasteiger partial charge on any atom is -0.481 e. The van der Waals surface area contributed by atoms with E-state index in [9.17, 15) is 18.7 Å². The van der Waals surface area contributed by atoms with Crippen LogP contribution in [0.1, 0.15) is 68.7 Å². The lowest BCUT2D eigenvalue weighted by Crippen LogP contribution is -2.41. The Labute approximate surface area is 195 Å². The molecule has 0 aliphatic carbocycles. The van der Waals surface area contributed by atoms with Gasteiger partial charge in [0.15, 0.2) is 11.6 Å². The molecule has 2 aromatic rings. The molecule has 0 bridgehead atoms. The van der Waals surface area contributed by atoms with E-state index in [0.29, 0.717) is 24.8 Å². The number of rotatable bonds is 13. The fourth-order valence-electron chi connectivity index (χ4n) is 3.61. The van der Waals surface area contributed by atoms with Gasteiger partial charge in [0.2, 0.25) is 0 Å². The smallest absolute Gasteiger partial charge is 0.303 e. The average molecular weight is 470 g/mol. The first-order valence-corrected chi connectivity index (χ1v) is 10.8. The van der Waals surface area contributed by atoms with Crippen LogP contribution in [0.25, 0.3) is 0 Å². The summed E-state index contributed by atoms with van der Waals surface area (Å²) in [7, 11) is 0. The topological polar surface area (TPSA) is 69.6 Å². The monoisotopic (exact) mass is 469 g/mol. The minimum atomic E-state index is -1.18. The molecule has 2 rings (SSSR count). The lowest BCUT2D eigenvalue weighted by Gasteiger charge is -2.28. The van der Waals surface area contributed by atoms with E-state index < -0.39 is 23.7 Å². The molecule has 178 valence electrons. The summed E-state index contributed by atoms with van der Waals surface area (Å²) in [6.07, 6.45) is 3.11. The van der Waals surface area contributed by atoms with Gasteiger partial charge >= 0.3 is 5.97 Å². The van der Waals surface area contributed by atoms with E-state index in [2.05, 4.69) is 17.4 Å². The first-order valence-electron chi connectivity index (χ1n) is 10.8. The molecule has 0 saturated heterocycles. The third-order valence-corrected chi connectivity index (χ3v) is 5.47. The molecule has 1 atom stereocenters. The summed E-state index contributed by atoms with van der Waals surface area (Å²) in [5, 5.41) is 22.5. The summed E-state index contributed by atoms with van der Waals surface area (Å²) in [6.45, 7) is 4.16. The predicted octanol–water partition coefficient (Wildman–Crippen LogP) is 5.61. The van der Waals surface area contributed by atoms with E-state index in [1.165, 1.54) is 11.6 Å². The fourth-order valence-corrected chi connectivity index (χ4v) is 3.61. The number of carboxylic acids is 1. The van der Waals surface area contributed by atoms with Crippen molar-refractivity contribution in [2.45, 2.75) is 70.4 Å². The van der Waals surface area contributed by atoms with Crippen LogP contribution in [0.5, 0.6) is 0 Å². The number of nitrogens with one attached hydrogen (secondary N) is 1. The first kappa shape index (κ1) is 28.0. The number of benzene rings is 2. The molecule has 0 fully saturated rings. The van der Waals surface area contributed by atoms with Crippen molar-refractivity contribution in [3.8, 4) is 0 Å². The van der Waals surface area contributed by atoms with Crippen molar-refractivity contribution < 1.29 is 23.8 Å². The van der Waals surface area contributed by atoms with Crippen LogP contribution >= 0.6 is 12.4 Å². The summed E-state index contributed by atoms with van der Waals surface area (Å²) >= 11 is 0. The highest BCUT2D eigenvalue weighted by molar-refractivity contribution is 5.85. The molecule has 0 unspecified atom stereocenters. The molecule has 0 saturated carbocycles. The molecule has 3 N–H and O–H groups in total. The number of aliphatic hydroxyl groups excluding tert-OH is 1. The molecule has 0 amide bonds. The number of carboxylic acid groups (broad SMARTS) is 1. The van der Waals surface area contributed by atoms with Gasteiger partial charge in [0.25, 0.3) is 0 Å². The van der Waals surface area contributed by atoms with Crippen molar-refractivity contribution in [1.29, 1.82) is 0 Å². The number of halogens is 3. The number of aryl methyl sites for hydroxylation is 2. The van der Waals surface area contributed by atoms with Crippen molar-refractivity contribution in [2.24, 2.45) is 0 Å². The summed E-state index contributed by atoms with van der Waals surface area (Å²) in [5.41, 5.74) is 1.50. The quantitative estimate of drug-likeness (QED) is 0.333. The Morgan fingerprint density at radius 1 is 1.03 bits per heavy atom. The molecule has 0 spiro atoms. The van der Waals surface area contributed by atoms with Crippen LogP contribution in [0, 0.1) is 11.6 Å². The Hall–Kier alpha value is -2.02. The van der Waals surface area contributed by atoms with Crippen molar-refractivity contribution >= 4 is 18.4 Å². The summed E-state index contributed by atoms with van der Waals surface area (Å²) < 4.78 is 28.3. The van der Waals surface area contributed by atoms with Crippen molar-refractivity contribution in [3.63, 3.8) is 0 Å². The molecule has 0 aliphatic rings. The molecule has 0 aliphatic heterocycles. The van der Waals surface area contributed by atoms with Crippen LogP contribution < -0.4 is 5.32 Å². The zero-order valence-corrected chi connectivity index (χ0v) is 19.6. The Morgan fingerprint density at radius 2 is 1.69 bits per heavy atom. The predicted molar refractivity (Wildman–Crippen MR) is 125 cm³/mol. The van der Waals surface area contributed by atoms with Crippen molar-refractivity contribution in [3.05, 3.63) is 70.8 Å². The van der Waals surface area contributed by atoms with E-state index in [1.807, 2.05) is 32.0 Å². The largest absolute Gasteiger partial charge is 0.481 e. The number of aliphatic carboxylic acids is 1. The highest BCUT2D eigenvalue weighted by Gasteiger charge is 2.22. The van der Waals surface area contributed by atoms with E-state index in [0.717, 1.165) is 25.3 Å². The Kier molecular flexibility index (Phi) is 11.8. The van der Waals surface area contributed by atoms with Gasteiger partial charge in [-0.3, -0.25) is 4.79 Å². The standard InChI is InChI=1S/C25H33F2NO3.ClH/c1-25(2,14-8-12-18-9-4-3-5-10-18)28-17-22(29)20-15-19(16-21(26)24(20)27)11-6-7-13-23(30)31;/h3-5,9-10,15-16,22,28-29H,6-8,11-14,17H2,1-2H3,(H,30,31);1H/t22-;/m1./s1. The SMILES string of the molecule is CC(C)(CCCc1ccccc1)NC[C@@H](O)c1cc(CCCCC(=O)O)cc(F)c1F.Cl. The van der Waals surface area contributed by atoms with Crippen LogP contribution in [0.3, 0.4) is 0 Å². The van der Waals surface area contributed by atoms with E-state index in [4.69, 9.17) is 5.11 Å². The molecule has 0 heterocycles. The zero-order valence-electron chi connectivity index (χ0n) is 18.7. The minimum absolute atomic E-state index is 0. The molecular weight excluding hydrogens is 436 g/mol. The second-order valence-electron chi connectivity index (χ2n) is 8.70. The van der Waals surface area contributed by atoms with Gasteiger partial charge in [-0.25, -0.2) is 8.78 Å². The average Bonchev–Trinajstić information content (AvgIpc) is 2.72. The Balaban J connectivity index is 0.00000512. The third kappa shape index (κ3) is 9.63. The van der Waals surface area contributed by atoms with Gasteiger partial charge in [0.05, 0.1) is 6.10 Å². The van der Waals surface area contributed by atoms with Gasteiger partial charge in [-0.15, -0.1) is 12.4 Å². The molecule has 4 nitrogen and oxygen atoms in total. The maximum Gasteiger partial charge on any atom is 0.303 e. The molecule has 2 aromatic carbocycles. The van der Waals surface area contributed by atoms with Crippen LogP contribution in [0.15, 0.2) is 42.5 Å².